The normalized spacial score (nSPS) is 13.1. The Morgan fingerprint density at radius 1 is 1.31 bits per heavy atom. The molecular weight excluding hydrogens is 352 g/mol. The summed E-state index contributed by atoms with van der Waals surface area (Å²) >= 11 is 1.17. The van der Waals surface area contributed by atoms with E-state index in [1.807, 2.05) is 25.1 Å². The molecule has 2 aromatic heterocycles. The van der Waals surface area contributed by atoms with Crippen LogP contribution in [0.4, 0.5) is 5.69 Å². The summed E-state index contributed by atoms with van der Waals surface area (Å²) in [5.74, 6) is -1.09. The molecule has 3 aromatic rings. The van der Waals surface area contributed by atoms with Crippen LogP contribution >= 0.6 is 11.3 Å². The zero-order valence-electron chi connectivity index (χ0n) is 14.3. The van der Waals surface area contributed by atoms with Crippen molar-refractivity contribution in [3.8, 4) is 11.3 Å². The van der Waals surface area contributed by atoms with Crippen molar-refractivity contribution in [2.45, 2.75) is 13.3 Å². The number of imidazole rings is 1. The molecule has 4 rings (SSSR count). The molecule has 1 aliphatic rings. The molecule has 0 radical (unpaired) electrons. The lowest BCUT2D eigenvalue weighted by molar-refractivity contribution is 0.0696. The Kier molecular flexibility index (Phi) is 3.84. The summed E-state index contributed by atoms with van der Waals surface area (Å²) in [5, 5.41) is 9.22. The van der Waals surface area contributed by atoms with E-state index < -0.39 is 5.97 Å². The van der Waals surface area contributed by atoms with Crippen molar-refractivity contribution >= 4 is 28.9 Å². The van der Waals surface area contributed by atoms with Crippen LogP contribution in [-0.2, 0) is 13.5 Å². The van der Waals surface area contributed by atoms with Crippen LogP contribution in [0.15, 0.2) is 30.7 Å². The maximum atomic E-state index is 12.8. The van der Waals surface area contributed by atoms with Crippen molar-refractivity contribution in [1.29, 1.82) is 0 Å². The van der Waals surface area contributed by atoms with Crippen molar-refractivity contribution < 1.29 is 14.7 Å². The van der Waals surface area contributed by atoms with Gasteiger partial charge in [0.2, 0.25) is 5.01 Å². The molecule has 0 spiro atoms. The Labute approximate surface area is 153 Å². The van der Waals surface area contributed by atoms with E-state index in [1.165, 1.54) is 11.3 Å². The van der Waals surface area contributed by atoms with Crippen LogP contribution in [0.5, 0.6) is 0 Å². The number of nitrogens with zero attached hydrogens (tertiary/aromatic N) is 4. The number of carbonyl (C=O) groups excluding carboxylic acids is 1. The second-order valence-electron chi connectivity index (χ2n) is 6.17. The van der Waals surface area contributed by atoms with Gasteiger partial charge in [0, 0.05) is 29.7 Å². The predicted octanol–water partition coefficient (Wildman–Crippen LogP) is 2.75. The summed E-state index contributed by atoms with van der Waals surface area (Å²) in [6.45, 7) is 2.48. The number of aromatic carboxylic acids is 1. The van der Waals surface area contributed by atoms with Crippen LogP contribution in [0.25, 0.3) is 11.3 Å². The van der Waals surface area contributed by atoms with Gasteiger partial charge in [-0.2, -0.15) is 0 Å². The Hall–Kier alpha value is -3.00. The fourth-order valence-corrected chi connectivity index (χ4v) is 3.99. The minimum absolute atomic E-state index is 0.0745. The molecule has 0 fully saturated rings. The van der Waals surface area contributed by atoms with E-state index in [0.29, 0.717) is 17.9 Å². The molecule has 0 bridgehead atoms. The van der Waals surface area contributed by atoms with E-state index in [1.54, 1.807) is 29.0 Å². The van der Waals surface area contributed by atoms with Crippen molar-refractivity contribution in [3.63, 3.8) is 0 Å². The molecule has 0 saturated carbocycles. The average molecular weight is 368 g/mol. The first-order valence-electron chi connectivity index (χ1n) is 8.08. The zero-order chi connectivity index (χ0) is 18.4. The highest BCUT2D eigenvalue weighted by Gasteiger charge is 2.28. The predicted molar refractivity (Wildman–Crippen MR) is 97.8 cm³/mol. The van der Waals surface area contributed by atoms with Crippen LogP contribution in [0.3, 0.4) is 0 Å². The van der Waals surface area contributed by atoms with Crippen molar-refractivity contribution in [1.82, 2.24) is 14.5 Å². The lowest BCUT2D eigenvalue weighted by Gasteiger charge is -2.17. The zero-order valence-corrected chi connectivity index (χ0v) is 15.1. The lowest BCUT2D eigenvalue weighted by atomic mass is 10.1. The number of carboxylic acids is 1. The quantitative estimate of drug-likeness (QED) is 0.768. The van der Waals surface area contributed by atoms with Gasteiger partial charge in [0.1, 0.15) is 5.69 Å². The lowest BCUT2D eigenvalue weighted by Crippen LogP contribution is -2.30. The topological polar surface area (TPSA) is 88.3 Å². The van der Waals surface area contributed by atoms with Gasteiger partial charge >= 0.3 is 5.97 Å². The highest BCUT2D eigenvalue weighted by Crippen LogP contribution is 2.35. The molecule has 0 unspecified atom stereocenters. The molecule has 0 atom stereocenters. The Balaban J connectivity index is 1.68. The highest BCUT2D eigenvalue weighted by atomic mass is 32.1. The van der Waals surface area contributed by atoms with Gasteiger partial charge in [-0.1, -0.05) is 6.07 Å². The molecule has 0 aliphatic carbocycles. The third kappa shape index (κ3) is 2.59. The Morgan fingerprint density at radius 3 is 2.77 bits per heavy atom. The summed E-state index contributed by atoms with van der Waals surface area (Å²) < 4.78 is 1.71. The third-order valence-corrected chi connectivity index (χ3v) is 5.47. The highest BCUT2D eigenvalue weighted by molar-refractivity contribution is 7.13. The van der Waals surface area contributed by atoms with Gasteiger partial charge in [-0.25, -0.2) is 14.8 Å². The molecule has 1 aliphatic heterocycles. The molecule has 7 nitrogen and oxygen atoms in total. The Morgan fingerprint density at radius 2 is 2.12 bits per heavy atom. The number of anilines is 1. The molecule has 1 aromatic carbocycles. The van der Waals surface area contributed by atoms with Gasteiger partial charge in [-0.05, 0) is 31.0 Å². The monoisotopic (exact) mass is 368 g/mol. The van der Waals surface area contributed by atoms with Gasteiger partial charge in [0.25, 0.3) is 5.91 Å². The minimum atomic E-state index is -1.02. The first-order chi connectivity index (χ1) is 12.5. The van der Waals surface area contributed by atoms with Crippen LogP contribution in [0.1, 0.15) is 30.7 Å². The molecule has 1 N–H and O–H groups in total. The second kappa shape index (κ2) is 6.06. The number of aryl methyl sites for hydroxylation is 2. The van der Waals surface area contributed by atoms with Crippen molar-refractivity contribution in [2.24, 2.45) is 7.05 Å². The van der Waals surface area contributed by atoms with Gasteiger partial charge in [-0.15, -0.1) is 11.3 Å². The summed E-state index contributed by atoms with van der Waals surface area (Å²) in [7, 11) is 1.80. The van der Waals surface area contributed by atoms with E-state index in [2.05, 4.69) is 9.97 Å². The van der Waals surface area contributed by atoms with E-state index >= 15 is 0 Å². The van der Waals surface area contributed by atoms with Crippen LogP contribution in [-0.4, -0.2) is 38.1 Å². The number of hydrogen-bond acceptors (Lipinski definition) is 5. The van der Waals surface area contributed by atoms with E-state index in [4.69, 9.17) is 5.11 Å². The minimum Gasteiger partial charge on any atom is -0.476 e. The largest absolute Gasteiger partial charge is 0.476 e. The maximum Gasteiger partial charge on any atom is 0.365 e. The molecular formula is C18H16N4O3S. The fraction of sp³-hybridized carbons (Fsp3) is 0.222. The molecule has 1 amide bonds. The standard InChI is InChI=1S/C18H16N4O3S/c1-10-15(20-16(26-10)18(24)25)12-3-4-13-11(7-12)5-6-22(13)17(23)14-8-19-9-21(14)2/h3-4,7-9H,5-6H2,1-2H3,(H,24,25). The first kappa shape index (κ1) is 16.5. The number of carboxylic acid groups (broad SMARTS) is 1. The van der Waals surface area contributed by atoms with Gasteiger partial charge in [-0.3, -0.25) is 4.79 Å². The Bertz CT molecular complexity index is 1040. The van der Waals surface area contributed by atoms with Crippen LogP contribution < -0.4 is 4.90 Å². The number of fused-ring (bicyclic) bond motifs is 1. The smallest absolute Gasteiger partial charge is 0.365 e. The molecule has 8 heteroatoms. The first-order valence-corrected chi connectivity index (χ1v) is 8.89. The number of aromatic nitrogens is 3. The number of thiazole rings is 1. The van der Waals surface area contributed by atoms with Gasteiger partial charge in [0.15, 0.2) is 0 Å². The summed E-state index contributed by atoms with van der Waals surface area (Å²) in [6, 6.07) is 5.80. The third-order valence-electron chi connectivity index (χ3n) is 4.51. The number of amides is 1. The molecule has 3 heterocycles. The number of benzene rings is 1. The SMILES string of the molecule is Cc1sc(C(=O)O)nc1-c1ccc2c(c1)CCN2C(=O)c1cncn1C. The van der Waals surface area contributed by atoms with Crippen LogP contribution in [0.2, 0.25) is 0 Å². The maximum absolute atomic E-state index is 12.8. The molecule has 0 saturated heterocycles. The molecule has 132 valence electrons. The summed E-state index contributed by atoms with van der Waals surface area (Å²) in [6.07, 6.45) is 3.93. The fourth-order valence-electron chi connectivity index (χ4n) is 3.22. The number of hydrogen-bond donors (Lipinski definition) is 1. The second-order valence-corrected chi connectivity index (χ2v) is 7.37. The van der Waals surface area contributed by atoms with Gasteiger partial charge < -0.3 is 14.6 Å². The average Bonchev–Trinajstić information content (AvgIpc) is 3.31. The van der Waals surface area contributed by atoms with E-state index in [9.17, 15) is 9.59 Å². The van der Waals surface area contributed by atoms with Crippen molar-refractivity contribution in [3.05, 3.63) is 51.9 Å². The molecule has 26 heavy (non-hydrogen) atoms. The van der Waals surface area contributed by atoms with E-state index in [-0.39, 0.29) is 10.9 Å². The van der Waals surface area contributed by atoms with Crippen LogP contribution in [0, 0.1) is 6.92 Å². The number of carbonyl (C=O) groups is 2. The van der Waals surface area contributed by atoms with E-state index in [0.717, 1.165) is 28.1 Å². The van der Waals surface area contributed by atoms with Crippen molar-refractivity contribution in [2.75, 3.05) is 11.4 Å². The number of rotatable bonds is 3. The summed E-state index contributed by atoms with van der Waals surface area (Å²) in [4.78, 5) is 34.8. The summed E-state index contributed by atoms with van der Waals surface area (Å²) in [5.41, 5.74) is 4.04. The van der Waals surface area contributed by atoms with Gasteiger partial charge in [0.05, 0.1) is 18.2 Å².